The van der Waals surface area contributed by atoms with E-state index in [1.165, 1.54) is 93.7 Å². The standard InChI is InChI=1S/C40H46O2S2/c1-3-5-7-9-11-13-15-28-18-20-36-34(21-28)40(41)35-25-32-27-39-33(24-31(32)26-37(35)43-36)23-30-19-17-29(22-38(30)44(39)42)16-14-12-10-8-6-4-2/h17-25,27H,3-16,26H2,1-2H3. The smallest absolute Gasteiger partial charge is 0.195 e. The molecule has 3 aromatic carbocycles. The van der Waals surface area contributed by atoms with E-state index in [0.717, 1.165) is 65.6 Å². The number of aryl methyl sites for hydroxylation is 2. The van der Waals surface area contributed by atoms with Gasteiger partial charge in [-0.2, -0.15) is 0 Å². The van der Waals surface area contributed by atoms with Crippen LogP contribution in [0.5, 0.6) is 0 Å². The molecular formula is C40H46O2S2. The van der Waals surface area contributed by atoms with Gasteiger partial charge >= 0.3 is 0 Å². The van der Waals surface area contributed by atoms with Crippen LogP contribution in [-0.4, -0.2) is 4.21 Å². The Bertz CT molecular complexity index is 1860. The Kier molecular flexibility index (Phi) is 10.3. The summed E-state index contributed by atoms with van der Waals surface area (Å²) in [5.41, 5.74) is 5.78. The number of rotatable bonds is 14. The molecule has 4 heteroatoms. The topological polar surface area (TPSA) is 34.1 Å². The van der Waals surface area contributed by atoms with Crippen molar-refractivity contribution in [2.24, 2.45) is 0 Å². The SMILES string of the molecule is CCCCCCCCc1ccc2c(c1)S(=O)c1cc3c(cc1=C2)Cc1sc2ccc(CCCCCCCC)cc2c(=O)c1C=3. The molecule has 0 bridgehead atoms. The lowest BCUT2D eigenvalue weighted by Gasteiger charge is -2.18. The minimum Gasteiger partial charge on any atom is -0.289 e. The summed E-state index contributed by atoms with van der Waals surface area (Å²) < 4.78 is 15.0. The van der Waals surface area contributed by atoms with Crippen LogP contribution in [0.15, 0.2) is 63.1 Å². The molecule has 6 rings (SSSR count). The quantitative estimate of drug-likeness (QED) is 0.114. The molecule has 0 saturated heterocycles. The van der Waals surface area contributed by atoms with E-state index in [1.807, 2.05) is 0 Å². The van der Waals surface area contributed by atoms with Crippen LogP contribution in [0, 0.1) is 0 Å². The second kappa shape index (κ2) is 14.5. The Hall–Kier alpha value is -2.82. The van der Waals surface area contributed by atoms with Crippen molar-refractivity contribution < 1.29 is 4.21 Å². The van der Waals surface area contributed by atoms with Crippen molar-refractivity contribution in [2.45, 2.75) is 120 Å². The Labute approximate surface area is 269 Å². The number of hydrogen-bond acceptors (Lipinski definition) is 3. The molecule has 0 saturated carbocycles. The van der Waals surface area contributed by atoms with Crippen molar-refractivity contribution in [1.29, 1.82) is 0 Å². The zero-order chi connectivity index (χ0) is 30.5. The summed E-state index contributed by atoms with van der Waals surface area (Å²) in [6.45, 7) is 4.51. The second-order valence-corrected chi connectivity index (χ2v) is 15.4. The molecule has 1 aromatic heterocycles. The van der Waals surface area contributed by atoms with Crippen LogP contribution in [0.2, 0.25) is 0 Å². The highest BCUT2D eigenvalue weighted by atomic mass is 32.2. The predicted molar refractivity (Wildman–Crippen MR) is 189 cm³/mol. The fraction of sp³-hybridized carbons (Fsp3) is 0.425. The zero-order valence-electron chi connectivity index (χ0n) is 26.5. The molecule has 0 fully saturated rings. The molecule has 230 valence electrons. The molecule has 0 N–H and O–H groups in total. The third-order valence-corrected chi connectivity index (χ3v) is 12.1. The van der Waals surface area contributed by atoms with E-state index < -0.39 is 10.8 Å². The molecule has 4 aromatic rings. The summed E-state index contributed by atoms with van der Waals surface area (Å²) in [6, 6.07) is 17.4. The maximum Gasteiger partial charge on any atom is 0.195 e. The van der Waals surface area contributed by atoms with Crippen molar-refractivity contribution in [3.05, 3.63) is 102 Å². The number of benzene rings is 3. The number of fused-ring (bicyclic) bond motifs is 5. The van der Waals surface area contributed by atoms with Crippen molar-refractivity contribution in [3.63, 3.8) is 0 Å². The minimum atomic E-state index is -1.23. The van der Waals surface area contributed by atoms with Gasteiger partial charge in [-0.25, -0.2) is 4.21 Å². The molecule has 0 radical (unpaired) electrons. The predicted octanol–water partition coefficient (Wildman–Crippen LogP) is 9.11. The monoisotopic (exact) mass is 622 g/mol. The zero-order valence-corrected chi connectivity index (χ0v) is 28.1. The van der Waals surface area contributed by atoms with E-state index in [2.05, 4.69) is 74.5 Å². The van der Waals surface area contributed by atoms with E-state index in [0.29, 0.717) is 0 Å². The van der Waals surface area contributed by atoms with Gasteiger partial charge in [-0.1, -0.05) is 96.3 Å². The van der Waals surface area contributed by atoms with Gasteiger partial charge in [-0.05, 0) is 101 Å². The largest absolute Gasteiger partial charge is 0.289 e. The molecule has 0 amide bonds. The highest BCUT2D eigenvalue weighted by Gasteiger charge is 2.22. The van der Waals surface area contributed by atoms with Gasteiger partial charge in [-0.15, -0.1) is 11.3 Å². The summed E-state index contributed by atoms with van der Waals surface area (Å²) >= 11 is 1.75. The Morgan fingerprint density at radius 3 is 2.07 bits per heavy atom. The van der Waals surface area contributed by atoms with Crippen LogP contribution in [0.1, 0.15) is 124 Å². The maximum absolute atomic E-state index is 13.9. The molecule has 2 aliphatic rings. The Morgan fingerprint density at radius 2 is 1.34 bits per heavy atom. The van der Waals surface area contributed by atoms with Gasteiger partial charge in [0.15, 0.2) is 5.43 Å². The Morgan fingerprint density at radius 1 is 0.682 bits per heavy atom. The van der Waals surface area contributed by atoms with Crippen LogP contribution in [0.25, 0.3) is 22.2 Å². The lowest BCUT2D eigenvalue weighted by atomic mass is 9.96. The highest BCUT2D eigenvalue weighted by Crippen LogP contribution is 2.29. The van der Waals surface area contributed by atoms with Crippen LogP contribution in [0.4, 0.5) is 0 Å². The first-order chi connectivity index (χ1) is 21.6. The van der Waals surface area contributed by atoms with Crippen LogP contribution >= 0.6 is 11.3 Å². The van der Waals surface area contributed by atoms with Gasteiger partial charge < -0.3 is 0 Å². The normalized spacial score (nSPS) is 14.7. The van der Waals surface area contributed by atoms with E-state index in [9.17, 15) is 9.00 Å². The highest BCUT2D eigenvalue weighted by molar-refractivity contribution is 7.85. The van der Waals surface area contributed by atoms with Gasteiger partial charge in [0.1, 0.15) is 0 Å². The molecule has 1 unspecified atom stereocenters. The number of unbranched alkanes of at least 4 members (excludes halogenated alkanes) is 10. The molecule has 2 nitrogen and oxygen atoms in total. The molecule has 1 atom stereocenters. The van der Waals surface area contributed by atoms with Crippen LogP contribution in [0.3, 0.4) is 0 Å². The lowest BCUT2D eigenvalue weighted by Crippen LogP contribution is -2.27. The van der Waals surface area contributed by atoms with Gasteiger partial charge in [0.25, 0.3) is 0 Å². The first-order valence-electron chi connectivity index (χ1n) is 17.1. The van der Waals surface area contributed by atoms with Crippen molar-refractivity contribution in [1.82, 2.24) is 0 Å². The maximum atomic E-state index is 13.9. The van der Waals surface area contributed by atoms with Gasteiger partial charge in [0.05, 0.1) is 20.6 Å². The van der Waals surface area contributed by atoms with Crippen molar-refractivity contribution >= 4 is 44.4 Å². The molecule has 44 heavy (non-hydrogen) atoms. The van der Waals surface area contributed by atoms with Gasteiger partial charge in [0, 0.05) is 26.9 Å². The Balaban J connectivity index is 1.24. The summed E-state index contributed by atoms with van der Waals surface area (Å²) in [5.74, 6) is 0. The van der Waals surface area contributed by atoms with E-state index in [-0.39, 0.29) is 5.43 Å². The van der Waals surface area contributed by atoms with E-state index in [4.69, 9.17) is 0 Å². The first kappa shape index (κ1) is 31.2. The molecule has 0 spiro atoms. The lowest BCUT2D eigenvalue weighted by molar-refractivity contribution is 0.607. The van der Waals surface area contributed by atoms with E-state index >= 15 is 0 Å². The van der Waals surface area contributed by atoms with E-state index in [1.54, 1.807) is 11.3 Å². The van der Waals surface area contributed by atoms with Gasteiger partial charge in [0.2, 0.25) is 0 Å². The van der Waals surface area contributed by atoms with Crippen LogP contribution in [-0.2, 0) is 30.1 Å². The summed E-state index contributed by atoms with van der Waals surface area (Å²) in [6.07, 6.45) is 22.4. The minimum absolute atomic E-state index is 0.138. The molecule has 1 aliphatic heterocycles. The summed E-state index contributed by atoms with van der Waals surface area (Å²) in [5, 5.41) is 2.93. The summed E-state index contributed by atoms with van der Waals surface area (Å²) in [7, 11) is -1.23. The van der Waals surface area contributed by atoms with Gasteiger partial charge in [-0.3, -0.25) is 4.79 Å². The first-order valence-corrected chi connectivity index (χ1v) is 19.0. The fourth-order valence-electron chi connectivity index (χ4n) is 6.80. The molecular weight excluding hydrogens is 577 g/mol. The third-order valence-electron chi connectivity index (χ3n) is 9.42. The third kappa shape index (κ3) is 6.87. The van der Waals surface area contributed by atoms with Crippen LogP contribution < -0.4 is 15.9 Å². The fourth-order valence-corrected chi connectivity index (χ4v) is 9.36. The second-order valence-electron chi connectivity index (χ2n) is 12.8. The summed E-state index contributed by atoms with van der Waals surface area (Å²) in [4.78, 5) is 16.7. The van der Waals surface area contributed by atoms with Crippen molar-refractivity contribution in [2.75, 3.05) is 0 Å². The molecule has 1 aliphatic carbocycles. The molecule has 2 heterocycles. The number of hydrogen-bond donors (Lipinski definition) is 0. The average Bonchev–Trinajstić information content (AvgIpc) is 3.03. The average molecular weight is 623 g/mol. The van der Waals surface area contributed by atoms with Crippen molar-refractivity contribution in [3.8, 4) is 0 Å².